The van der Waals surface area contributed by atoms with Gasteiger partial charge in [-0.2, -0.15) is 0 Å². The number of hydrogen-bond acceptors (Lipinski definition) is 1. The Morgan fingerprint density at radius 1 is 1.00 bits per heavy atom. The van der Waals surface area contributed by atoms with E-state index in [9.17, 15) is 4.79 Å². The minimum Gasteiger partial charge on any atom is -0.358 e. The topological polar surface area (TPSA) is 48.6 Å². The van der Waals surface area contributed by atoms with E-state index in [1.54, 1.807) is 12.4 Å². The highest BCUT2D eigenvalue weighted by Gasteiger charge is 2.15. The molecule has 0 amide bonds. The van der Waals surface area contributed by atoms with Crippen molar-refractivity contribution in [3.8, 4) is 0 Å². The molecule has 2 heterocycles. The quantitative estimate of drug-likeness (QED) is 0.697. The fourth-order valence-corrected chi connectivity index (χ4v) is 1.51. The summed E-state index contributed by atoms with van der Waals surface area (Å²) in [5.74, 6) is 0.0231. The third-order valence-corrected chi connectivity index (χ3v) is 2.36. The van der Waals surface area contributed by atoms with Gasteiger partial charge in [-0.1, -0.05) is 0 Å². The van der Waals surface area contributed by atoms with Crippen molar-refractivity contribution in [3.63, 3.8) is 0 Å². The van der Waals surface area contributed by atoms with E-state index >= 15 is 0 Å². The van der Waals surface area contributed by atoms with Crippen LogP contribution in [0, 0.1) is 13.8 Å². The third kappa shape index (κ3) is 1.27. The normalized spacial score (nSPS) is 10.4. The third-order valence-electron chi connectivity index (χ3n) is 2.36. The van der Waals surface area contributed by atoms with Crippen LogP contribution in [0.2, 0.25) is 0 Å². The average molecular weight is 188 g/mol. The summed E-state index contributed by atoms with van der Waals surface area (Å²) < 4.78 is 0. The Hall–Kier alpha value is -1.77. The van der Waals surface area contributed by atoms with E-state index in [2.05, 4.69) is 9.97 Å². The van der Waals surface area contributed by atoms with E-state index < -0.39 is 0 Å². The molecule has 0 aliphatic rings. The van der Waals surface area contributed by atoms with Gasteiger partial charge in [0.15, 0.2) is 0 Å². The second-order valence-electron chi connectivity index (χ2n) is 3.40. The van der Waals surface area contributed by atoms with Crippen molar-refractivity contribution in [3.05, 3.63) is 47.0 Å². The fraction of sp³-hybridized carbons (Fsp3) is 0.182. The Balaban J connectivity index is 2.44. The summed E-state index contributed by atoms with van der Waals surface area (Å²) in [5, 5.41) is 0. The van der Waals surface area contributed by atoms with Crippen molar-refractivity contribution in [1.82, 2.24) is 9.97 Å². The van der Waals surface area contributed by atoms with Crippen LogP contribution in [-0.4, -0.2) is 15.8 Å². The molecule has 0 spiro atoms. The van der Waals surface area contributed by atoms with Crippen LogP contribution in [0.25, 0.3) is 0 Å². The molecule has 2 N–H and O–H groups in total. The number of carbonyl (C=O) groups excluding carboxylic acids is 1. The van der Waals surface area contributed by atoms with Crippen molar-refractivity contribution in [2.45, 2.75) is 13.8 Å². The standard InChI is InChI=1S/C11H12N2O/c1-7-3-5-12-9(7)11(14)10-8(2)4-6-13-10/h3-6,12-13H,1-2H3. The van der Waals surface area contributed by atoms with Crippen molar-refractivity contribution in [1.29, 1.82) is 0 Å². The van der Waals surface area contributed by atoms with E-state index in [0.717, 1.165) is 11.1 Å². The number of carbonyl (C=O) groups is 1. The van der Waals surface area contributed by atoms with Crippen LogP contribution in [0.15, 0.2) is 24.5 Å². The smallest absolute Gasteiger partial charge is 0.225 e. The SMILES string of the molecule is Cc1cc[nH]c1C(=O)c1[nH]ccc1C. The van der Waals surface area contributed by atoms with Crippen LogP contribution < -0.4 is 0 Å². The second kappa shape index (κ2) is 3.18. The van der Waals surface area contributed by atoms with Crippen LogP contribution in [0.1, 0.15) is 27.3 Å². The molecular weight excluding hydrogens is 176 g/mol. The largest absolute Gasteiger partial charge is 0.358 e. The highest BCUT2D eigenvalue weighted by molar-refractivity contribution is 6.08. The Morgan fingerprint density at radius 3 is 1.71 bits per heavy atom. The Bertz CT molecular complexity index is 423. The molecule has 3 nitrogen and oxygen atoms in total. The van der Waals surface area contributed by atoms with Gasteiger partial charge >= 0.3 is 0 Å². The minimum atomic E-state index is 0.0231. The molecule has 2 aromatic rings. The summed E-state index contributed by atoms with van der Waals surface area (Å²) in [6, 6.07) is 3.79. The maximum atomic E-state index is 11.9. The molecule has 14 heavy (non-hydrogen) atoms. The highest BCUT2D eigenvalue weighted by atomic mass is 16.1. The molecule has 0 unspecified atom stereocenters. The molecule has 0 aliphatic heterocycles. The predicted octanol–water partition coefficient (Wildman–Crippen LogP) is 2.19. The minimum absolute atomic E-state index is 0.0231. The zero-order chi connectivity index (χ0) is 10.1. The first-order valence-electron chi connectivity index (χ1n) is 4.53. The van der Waals surface area contributed by atoms with E-state index in [4.69, 9.17) is 0 Å². The lowest BCUT2D eigenvalue weighted by atomic mass is 10.1. The number of aromatic amines is 2. The van der Waals surface area contributed by atoms with E-state index in [1.807, 2.05) is 26.0 Å². The van der Waals surface area contributed by atoms with Crippen LogP contribution in [0.4, 0.5) is 0 Å². The molecule has 0 saturated carbocycles. The molecule has 0 aliphatic carbocycles. The second-order valence-corrected chi connectivity index (χ2v) is 3.40. The fourth-order valence-electron chi connectivity index (χ4n) is 1.51. The van der Waals surface area contributed by atoms with Gasteiger partial charge < -0.3 is 9.97 Å². The zero-order valence-electron chi connectivity index (χ0n) is 8.22. The van der Waals surface area contributed by atoms with Gasteiger partial charge in [0.2, 0.25) is 5.78 Å². The van der Waals surface area contributed by atoms with Crippen LogP contribution in [0.3, 0.4) is 0 Å². The van der Waals surface area contributed by atoms with Crippen molar-refractivity contribution in [2.75, 3.05) is 0 Å². The lowest BCUT2D eigenvalue weighted by Gasteiger charge is -1.98. The molecule has 0 fully saturated rings. The van der Waals surface area contributed by atoms with Gasteiger partial charge in [-0.25, -0.2) is 0 Å². The number of nitrogens with one attached hydrogen (secondary N) is 2. The first-order chi connectivity index (χ1) is 6.70. The monoisotopic (exact) mass is 188 g/mol. The Morgan fingerprint density at radius 2 is 1.43 bits per heavy atom. The molecule has 0 aromatic carbocycles. The van der Waals surface area contributed by atoms with Crippen LogP contribution in [-0.2, 0) is 0 Å². The maximum absolute atomic E-state index is 11.9. The van der Waals surface area contributed by atoms with Crippen molar-refractivity contribution in [2.24, 2.45) is 0 Å². The molecular formula is C11H12N2O. The van der Waals surface area contributed by atoms with E-state index in [0.29, 0.717) is 11.4 Å². The van der Waals surface area contributed by atoms with Gasteiger partial charge in [-0.15, -0.1) is 0 Å². The number of ketones is 1. The molecule has 0 radical (unpaired) electrons. The molecule has 0 atom stereocenters. The van der Waals surface area contributed by atoms with Gasteiger partial charge in [0.05, 0.1) is 11.4 Å². The number of rotatable bonds is 2. The van der Waals surface area contributed by atoms with Gasteiger partial charge in [0, 0.05) is 12.4 Å². The summed E-state index contributed by atoms with van der Waals surface area (Å²) in [7, 11) is 0. The predicted molar refractivity (Wildman–Crippen MR) is 54.5 cm³/mol. The molecule has 3 heteroatoms. The molecule has 2 rings (SSSR count). The van der Waals surface area contributed by atoms with Crippen molar-refractivity contribution < 1.29 is 4.79 Å². The number of hydrogen-bond donors (Lipinski definition) is 2. The summed E-state index contributed by atoms with van der Waals surface area (Å²) >= 11 is 0. The first kappa shape index (κ1) is 8.81. The van der Waals surface area contributed by atoms with Crippen LogP contribution in [0.5, 0.6) is 0 Å². The number of H-pyrrole nitrogens is 2. The van der Waals surface area contributed by atoms with Gasteiger partial charge in [-0.3, -0.25) is 4.79 Å². The molecule has 0 saturated heterocycles. The average Bonchev–Trinajstić information content (AvgIpc) is 2.73. The summed E-state index contributed by atoms with van der Waals surface area (Å²) in [6.07, 6.45) is 3.56. The summed E-state index contributed by atoms with van der Waals surface area (Å²) in [5.41, 5.74) is 3.28. The van der Waals surface area contributed by atoms with E-state index in [-0.39, 0.29) is 5.78 Å². The van der Waals surface area contributed by atoms with Gasteiger partial charge in [0.1, 0.15) is 0 Å². The number of aryl methyl sites for hydroxylation is 2. The van der Waals surface area contributed by atoms with Crippen LogP contribution >= 0.6 is 0 Å². The highest BCUT2D eigenvalue weighted by Crippen LogP contribution is 2.13. The number of aromatic nitrogens is 2. The Kier molecular flexibility index (Phi) is 2.00. The molecule has 72 valence electrons. The van der Waals surface area contributed by atoms with Crippen molar-refractivity contribution >= 4 is 5.78 Å². The van der Waals surface area contributed by atoms with Gasteiger partial charge in [0.25, 0.3) is 0 Å². The lowest BCUT2D eigenvalue weighted by Crippen LogP contribution is -2.05. The molecule has 0 bridgehead atoms. The Labute approximate surface area is 82.2 Å². The first-order valence-corrected chi connectivity index (χ1v) is 4.53. The van der Waals surface area contributed by atoms with E-state index in [1.165, 1.54) is 0 Å². The maximum Gasteiger partial charge on any atom is 0.225 e. The summed E-state index contributed by atoms with van der Waals surface area (Å²) in [4.78, 5) is 17.8. The summed E-state index contributed by atoms with van der Waals surface area (Å²) in [6.45, 7) is 3.84. The molecule has 2 aromatic heterocycles. The lowest BCUT2D eigenvalue weighted by molar-refractivity contribution is 0.103. The van der Waals surface area contributed by atoms with Gasteiger partial charge in [-0.05, 0) is 37.1 Å². The zero-order valence-corrected chi connectivity index (χ0v) is 8.22.